The molecule has 0 aromatic carbocycles. The van der Waals surface area contributed by atoms with E-state index in [1.165, 1.54) is 0 Å². The van der Waals surface area contributed by atoms with Crippen molar-refractivity contribution >= 4 is 23.8 Å². The molecule has 9 nitrogen and oxygen atoms in total. The lowest BCUT2D eigenvalue weighted by atomic mass is 9.87. The average molecular weight is 288 g/mol. The molecule has 2 N–H and O–H groups in total. The lowest BCUT2D eigenvalue weighted by Gasteiger charge is -2.33. The standard InChI is InChI=1S/C11H16N2O7/c1-3-4-9(16)13(7(2)14)20-10(17)19-12-11(18)6-5-8(11)15/h12,18H,3-6H2,1-2H3. The lowest BCUT2D eigenvalue weighted by molar-refractivity contribution is -0.198. The van der Waals surface area contributed by atoms with Gasteiger partial charge < -0.3 is 9.94 Å². The highest BCUT2D eigenvalue weighted by atomic mass is 16.9. The molecule has 9 heteroatoms. The van der Waals surface area contributed by atoms with Gasteiger partial charge in [-0.1, -0.05) is 12.0 Å². The van der Waals surface area contributed by atoms with Crippen LogP contribution in [0.1, 0.15) is 39.5 Å². The minimum Gasteiger partial charge on any atom is -0.367 e. The van der Waals surface area contributed by atoms with Gasteiger partial charge in [0.05, 0.1) is 0 Å². The molecule has 2 amide bonds. The average Bonchev–Trinajstić information content (AvgIpc) is 2.40. The molecule has 0 spiro atoms. The largest absolute Gasteiger partial charge is 0.553 e. The second-order valence-electron chi connectivity index (χ2n) is 4.29. The van der Waals surface area contributed by atoms with E-state index in [-0.39, 0.29) is 24.3 Å². The summed E-state index contributed by atoms with van der Waals surface area (Å²) in [6, 6.07) is 0. The van der Waals surface area contributed by atoms with Crippen LogP contribution >= 0.6 is 0 Å². The van der Waals surface area contributed by atoms with Crippen molar-refractivity contribution in [1.29, 1.82) is 0 Å². The molecular formula is C11H16N2O7. The second kappa shape index (κ2) is 6.44. The maximum atomic E-state index is 11.5. The van der Waals surface area contributed by atoms with Crippen molar-refractivity contribution in [1.82, 2.24) is 10.5 Å². The normalized spacial score (nSPS) is 20.9. The van der Waals surface area contributed by atoms with Crippen molar-refractivity contribution in [2.24, 2.45) is 0 Å². The molecule has 0 bridgehead atoms. The molecule has 1 unspecified atom stereocenters. The third kappa shape index (κ3) is 3.75. The van der Waals surface area contributed by atoms with E-state index in [9.17, 15) is 24.3 Å². The second-order valence-corrected chi connectivity index (χ2v) is 4.29. The zero-order chi connectivity index (χ0) is 15.3. The van der Waals surface area contributed by atoms with Gasteiger partial charge in [-0.2, -0.15) is 4.79 Å². The van der Waals surface area contributed by atoms with Crippen LogP contribution in [0.3, 0.4) is 0 Å². The molecule has 0 aromatic heterocycles. The molecule has 0 radical (unpaired) electrons. The van der Waals surface area contributed by atoms with Crippen molar-refractivity contribution in [3.63, 3.8) is 0 Å². The molecule has 112 valence electrons. The maximum Gasteiger partial charge on any atom is 0.553 e. The number of hydrogen-bond donors (Lipinski definition) is 2. The Bertz CT molecular complexity index is 436. The Morgan fingerprint density at radius 2 is 2.10 bits per heavy atom. The Balaban J connectivity index is 2.48. The summed E-state index contributed by atoms with van der Waals surface area (Å²) >= 11 is 0. The van der Waals surface area contributed by atoms with Gasteiger partial charge in [0.15, 0.2) is 5.78 Å². The van der Waals surface area contributed by atoms with E-state index in [1.54, 1.807) is 6.92 Å². The van der Waals surface area contributed by atoms with E-state index >= 15 is 0 Å². The van der Waals surface area contributed by atoms with Gasteiger partial charge in [0.25, 0.3) is 11.8 Å². The number of aliphatic hydroxyl groups is 1. The first-order chi connectivity index (χ1) is 9.30. The van der Waals surface area contributed by atoms with Crippen molar-refractivity contribution in [3.8, 4) is 0 Å². The summed E-state index contributed by atoms with van der Waals surface area (Å²) in [4.78, 5) is 53.7. The van der Waals surface area contributed by atoms with E-state index in [0.717, 1.165) is 6.92 Å². The van der Waals surface area contributed by atoms with Crippen LogP contribution in [0, 0.1) is 0 Å². The zero-order valence-corrected chi connectivity index (χ0v) is 11.2. The number of hydrogen-bond acceptors (Lipinski definition) is 8. The van der Waals surface area contributed by atoms with Gasteiger partial charge in [-0.05, 0) is 6.42 Å². The fraction of sp³-hybridized carbons (Fsp3) is 0.636. The van der Waals surface area contributed by atoms with Gasteiger partial charge in [0.2, 0.25) is 5.72 Å². The van der Waals surface area contributed by atoms with Crippen molar-refractivity contribution in [2.45, 2.75) is 45.3 Å². The number of nitrogens with zero attached hydrogens (tertiary/aromatic N) is 1. The fourth-order valence-electron chi connectivity index (χ4n) is 1.40. The Morgan fingerprint density at radius 3 is 2.50 bits per heavy atom. The molecule has 0 aromatic rings. The van der Waals surface area contributed by atoms with Crippen LogP contribution in [0.25, 0.3) is 0 Å². The summed E-state index contributed by atoms with van der Waals surface area (Å²) in [5.74, 6) is -2.02. The fourth-order valence-corrected chi connectivity index (χ4v) is 1.40. The zero-order valence-electron chi connectivity index (χ0n) is 11.2. The molecule has 0 saturated heterocycles. The number of nitrogens with one attached hydrogen (secondary N) is 1. The monoisotopic (exact) mass is 288 g/mol. The van der Waals surface area contributed by atoms with Crippen LogP contribution in [0.15, 0.2) is 0 Å². The number of imide groups is 1. The van der Waals surface area contributed by atoms with Crippen molar-refractivity contribution in [3.05, 3.63) is 0 Å². The summed E-state index contributed by atoms with van der Waals surface area (Å²) in [6.45, 7) is 2.76. The summed E-state index contributed by atoms with van der Waals surface area (Å²) in [7, 11) is 0. The number of Topliss-reactive ketones (excluding diaryl/α,β-unsaturated/α-hetero) is 1. The number of ketones is 1. The van der Waals surface area contributed by atoms with Crippen LogP contribution in [0.5, 0.6) is 0 Å². The minimum absolute atomic E-state index is 0.0166. The van der Waals surface area contributed by atoms with E-state index in [4.69, 9.17) is 0 Å². The third-order valence-electron chi connectivity index (χ3n) is 2.62. The third-order valence-corrected chi connectivity index (χ3v) is 2.62. The first-order valence-electron chi connectivity index (χ1n) is 6.05. The predicted molar refractivity (Wildman–Crippen MR) is 62.3 cm³/mol. The first kappa shape index (κ1) is 16.1. The Labute approximate surface area is 114 Å². The Hall–Kier alpha value is -2.00. The number of carbonyl (C=O) groups is 4. The SMILES string of the molecule is CCCC(=O)N(OC(=O)ONC1(O)CCC1=O)C(C)=O. The quantitative estimate of drug-likeness (QED) is 0.538. The summed E-state index contributed by atoms with van der Waals surface area (Å²) < 4.78 is 0. The topological polar surface area (TPSA) is 122 Å². The van der Waals surface area contributed by atoms with Crippen molar-refractivity contribution in [2.75, 3.05) is 0 Å². The van der Waals surface area contributed by atoms with Gasteiger partial charge >= 0.3 is 6.16 Å². The molecule has 1 saturated carbocycles. The Morgan fingerprint density at radius 1 is 1.45 bits per heavy atom. The Kier molecular flexibility index (Phi) is 5.17. The van der Waals surface area contributed by atoms with Crippen LogP contribution in [-0.2, 0) is 24.1 Å². The highest BCUT2D eigenvalue weighted by molar-refractivity contribution is 5.94. The smallest absolute Gasteiger partial charge is 0.367 e. The van der Waals surface area contributed by atoms with E-state index in [2.05, 4.69) is 9.68 Å². The molecule has 0 aliphatic heterocycles. The molecule has 1 fully saturated rings. The molecule has 0 heterocycles. The maximum absolute atomic E-state index is 11.5. The summed E-state index contributed by atoms with van der Waals surface area (Å²) in [5, 5.41) is 9.79. The molecule has 20 heavy (non-hydrogen) atoms. The molecular weight excluding hydrogens is 272 g/mol. The van der Waals surface area contributed by atoms with Crippen molar-refractivity contribution < 1.29 is 34.0 Å². The number of carbonyl (C=O) groups excluding carboxylic acids is 4. The van der Waals surface area contributed by atoms with Gasteiger partial charge in [0, 0.05) is 26.2 Å². The highest BCUT2D eigenvalue weighted by Crippen LogP contribution is 2.24. The lowest BCUT2D eigenvalue weighted by Crippen LogP contribution is -2.59. The van der Waals surface area contributed by atoms with Gasteiger partial charge in [-0.15, -0.1) is 5.48 Å². The van der Waals surface area contributed by atoms with E-state index < -0.39 is 29.5 Å². The van der Waals surface area contributed by atoms with Crippen LogP contribution in [0.2, 0.25) is 0 Å². The van der Waals surface area contributed by atoms with Crippen LogP contribution in [-0.4, -0.2) is 39.6 Å². The van der Waals surface area contributed by atoms with Gasteiger partial charge in [-0.3, -0.25) is 19.2 Å². The molecule has 1 rings (SSSR count). The van der Waals surface area contributed by atoms with E-state index in [0.29, 0.717) is 6.42 Å². The number of amides is 2. The van der Waals surface area contributed by atoms with Gasteiger partial charge in [0.1, 0.15) is 0 Å². The molecule has 1 atom stereocenters. The minimum atomic E-state index is -1.92. The van der Waals surface area contributed by atoms with Crippen LogP contribution < -0.4 is 5.48 Å². The summed E-state index contributed by atoms with van der Waals surface area (Å²) in [6.07, 6.45) is -0.699. The molecule has 1 aliphatic rings. The first-order valence-corrected chi connectivity index (χ1v) is 6.05. The summed E-state index contributed by atoms with van der Waals surface area (Å²) in [5.41, 5.74) is -0.0807. The number of rotatable bonds is 4. The van der Waals surface area contributed by atoms with E-state index in [1.807, 2.05) is 5.48 Å². The number of hydroxylamine groups is 3. The molecule has 1 aliphatic carbocycles. The highest BCUT2D eigenvalue weighted by Gasteiger charge is 2.46. The van der Waals surface area contributed by atoms with Crippen LogP contribution in [0.4, 0.5) is 4.79 Å². The van der Waals surface area contributed by atoms with Gasteiger partial charge in [-0.25, -0.2) is 0 Å². The predicted octanol–water partition coefficient (Wildman–Crippen LogP) is -0.214.